The second-order valence-corrected chi connectivity index (χ2v) is 9.42. The molecule has 2 aliphatic rings. The molecule has 0 bridgehead atoms. The molecule has 188 valence electrons. The Labute approximate surface area is 201 Å². The van der Waals surface area contributed by atoms with E-state index in [4.69, 9.17) is 0 Å². The maximum absolute atomic E-state index is 14.9. The molecule has 2 aliphatic carbocycles. The molecular formula is C28H28F6O. The monoisotopic (exact) mass is 494 g/mol. The fourth-order valence-corrected chi connectivity index (χ4v) is 5.25. The minimum Gasteiger partial charge on any atom is -0.407 e. The summed E-state index contributed by atoms with van der Waals surface area (Å²) in [4.78, 5) is 0. The molecule has 1 fully saturated rings. The van der Waals surface area contributed by atoms with Crippen molar-refractivity contribution in [1.29, 1.82) is 0 Å². The summed E-state index contributed by atoms with van der Waals surface area (Å²) in [5.74, 6) is -1.42. The van der Waals surface area contributed by atoms with E-state index < -0.39 is 41.9 Å². The first-order valence-corrected chi connectivity index (χ1v) is 12.0. The zero-order chi connectivity index (χ0) is 25.2. The van der Waals surface area contributed by atoms with Crippen LogP contribution < -0.4 is 0 Å². The van der Waals surface area contributed by atoms with Gasteiger partial charge in [-0.2, -0.15) is 0 Å². The molecule has 0 spiro atoms. The van der Waals surface area contributed by atoms with Crippen LogP contribution in [0.2, 0.25) is 0 Å². The van der Waals surface area contributed by atoms with Crippen LogP contribution in [0.25, 0.3) is 16.7 Å². The highest BCUT2D eigenvalue weighted by Gasteiger charge is 2.36. The Morgan fingerprint density at radius 1 is 0.886 bits per heavy atom. The topological polar surface area (TPSA) is 9.23 Å². The van der Waals surface area contributed by atoms with E-state index in [0.29, 0.717) is 17.0 Å². The van der Waals surface area contributed by atoms with Crippen LogP contribution in [0, 0.1) is 17.6 Å². The van der Waals surface area contributed by atoms with Crippen LogP contribution in [0.3, 0.4) is 0 Å². The number of hydrogen-bond donors (Lipinski definition) is 0. The lowest BCUT2D eigenvalue weighted by Crippen LogP contribution is -2.20. The van der Waals surface area contributed by atoms with E-state index in [0.717, 1.165) is 30.9 Å². The van der Waals surface area contributed by atoms with Gasteiger partial charge in [-0.15, -0.1) is 13.2 Å². The Balaban J connectivity index is 1.50. The lowest BCUT2D eigenvalue weighted by atomic mass is 9.77. The minimum atomic E-state index is -5.04. The third-order valence-corrected chi connectivity index (χ3v) is 7.01. The summed E-state index contributed by atoms with van der Waals surface area (Å²) in [7, 11) is 0. The third-order valence-electron chi connectivity index (χ3n) is 7.01. The predicted octanol–water partition coefficient (Wildman–Crippen LogP) is 9.25. The van der Waals surface area contributed by atoms with E-state index in [1.165, 1.54) is 43.4 Å². The third kappa shape index (κ3) is 6.11. The summed E-state index contributed by atoms with van der Waals surface area (Å²) in [6.45, 7) is 2.22. The second-order valence-electron chi connectivity index (χ2n) is 9.42. The van der Waals surface area contributed by atoms with E-state index >= 15 is 0 Å². The van der Waals surface area contributed by atoms with E-state index in [1.54, 1.807) is 0 Å². The maximum Gasteiger partial charge on any atom is 0.572 e. The number of benzene rings is 2. The number of hydrogen-bond acceptors (Lipinski definition) is 1. The molecule has 1 nitrogen and oxygen atoms in total. The van der Waals surface area contributed by atoms with Crippen molar-refractivity contribution in [2.45, 2.75) is 70.3 Å². The Morgan fingerprint density at radius 3 is 2.06 bits per heavy atom. The van der Waals surface area contributed by atoms with E-state index in [1.807, 2.05) is 24.3 Å². The van der Waals surface area contributed by atoms with E-state index in [-0.39, 0.29) is 5.57 Å². The Kier molecular flexibility index (Phi) is 7.62. The summed E-state index contributed by atoms with van der Waals surface area (Å²) in [6, 6.07) is 10.1. The molecule has 2 aromatic rings. The summed E-state index contributed by atoms with van der Waals surface area (Å²) >= 11 is 0. The first-order chi connectivity index (χ1) is 16.6. The smallest absolute Gasteiger partial charge is 0.407 e. The number of allylic oxidation sites excluding steroid dienone is 4. The van der Waals surface area contributed by atoms with Gasteiger partial charge in [0.15, 0.2) is 6.17 Å². The minimum absolute atomic E-state index is 0.0670. The van der Waals surface area contributed by atoms with E-state index in [9.17, 15) is 26.3 Å². The predicted molar refractivity (Wildman–Crippen MR) is 124 cm³/mol. The van der Waals surface area contributed by atoms with Crippen molar-refractivity contribution in [3.8, 4) is 11.1 Å². The molecule has 35 heavy (non-hydrogen) atoms. The van der Waals surface area contributed by atoms with Gasteiger partial charge in [0.1, 0.15) is 17.4 Å². The van der Waals surface area contributed by atoms with Crippen LogP contribution >= 0.6 is 0 Å². The molecule has 7 heteroatoms. The van der Waals surface area contributed by atoms with Crippen molar-refractivity contribution < 1.29 is 31.1 Å². The van der Waals surface area contributed by atoms with Gasteiger partial charge in [-0.3, -0.25) is 0 Å². The molecule has 0 aliphatic heterocycles. The van der Waals surface area contributed by atoms with Gasteiger partial charge in [-0.1, -0.05) is 50.1 Å². The molecule has 0 heterocycles. The summed E-state index contributed by atoms with van der Waals surface area (Å²) < 4.78 is 84.8. The number of halogens is 6. The first kappa shape index (κ1) is 25.4. The van der Waals surface area contributed by atoms with Crippen molar-refractivity contribution in [1.82, 2.24) is 0 Å². The Hall–Kier alpha value is -2.70. The fourth-order valence-electron chi connectivity index (χ4n) is 5.25. The standard InChI is InChI=1S/C28H28F6O/c1-2-3-17-4-6-18(7-5-17)19-8-10-20(11-9-19)22-15-24(30)27(25(31)16-22)21-12-13-26(23(29)14-21)35-28(32,33)34/h8-13,15-18,23H,2-7,14H2,1H3. The number of ether oxygens (including phenoxy) is 1. The summed E-state index contributed by atoms with van der Waals surface area (Å²) in [5.41, 5.74) is 1.71. The normalized spacial score (nSPS) is 23.0. The van der Waals surface area contributed by atoms with Crippen molar-refractivity contribution in [2.75, 3.05) is 0 Å². The molecule has 1 unspecified atom stereocenters. The van der Waals surface area contributed by atoms with Gasteiger partial charge in [0.2, 0.25) is 0 Å². The van der Waals surface area contributed by atoms with Gasteiger partial charge in [0.25, 0.3) is 0 Å². The molecule has 0 aromatic heterocycles. The molecule has 0 N–H and O–H groups in total. The van der Waals surface area contributed by atoms with Crippen molar-refractivity contribution >= 4 is 5.57 Å². The summed E-state index contributed by atoms with van der Waals surface area (Å²) in [5, 5.41) is 0. The van der Waals surface area contributed by atoms with E-state index in [2.05, 4.69) is 11.7 Å². The van der Waals surface area contributed by atoms with Gasteiger partial charge in [-0.25, -0.2) is 13.2 Å². The van der Waals surface area contributed by atoms with Crippen LogP contribution in [-0.4, -0.2) is 12.5 Å². The van der Waals surface area contributed by atoms with Crippen LogP contribution in [0.15, 0.2) is 54.3 Å². The lowest BCUT2D eigenvalue weighted by Gasteiger charge is -2.28. The quantitative estimate of drug-likeness (QED) is 0.364. The van der Waals surface area contributed by atoms with Crippen molar-refractivity contribution in [3.63, 3.8) is 0 Å². The Morgan fingerprint density at radius 2 is 1.51 bits per heavy atom. The van der Waals surface area contributed by atoms with Crippen molar-refractivity contribution in [3.05, 3.63) is 77.1 Å². The average molecular weight is 495 g/mol. The SMILES string of the molecule is CCCC1CCC(c2ccc(-c3cc(F)c(C4=CC=C(OC(F)(F)F)C(F)C4)c(F)c3)cc2)CC1. The molecule has 1 saturated carbocycles. The van der Waals surface area contributed by atoms with Crippen molar-refractivity contribution in [2.24, 2.45) is 5.92 Å². The zero-order valence-corrected chi connectivity index (χ0v) is 19.5. The van der Waals surface area contributed by atoms with Crippen LogP contribution in [-0.2, 0) is 4.74 Å². The number of rotatable bonds is 6. The molecule has 1 atom stereocenters. The van der Waals surface area contributed by atoms with Crippen LogP contribution in [0.1, 0.15) is 68.9 Å². The molecule has 0 saturated heterocycles. The van der Waals surface area contributed by atoms with Gasteiger partial charge >= 0.3 is 6.36 Å². The van der Waals surface area contributed by atoms with Gasteiger partial charge in [-0.05, 0) is 78.0 Å². The Bertz CT molecular complexity index is 1070. The van der Waals surface area contributed by atoms with Gasteiger partial charge in [0.05, 0.1) is 0 Å². The van der Waals surface area contributed by atoms with Crippen LogP contribution in [0.5, 0.6) is 0 Å². The molecule has 0 amide bonds. The highest BCUT2D eigenvalue weighted by molar-refractivity contribution is 5.74. The highest BCUT2D eigenvalue weighted by Crippen LogP contribution is 2.39. The molecular weight excluding hydrogens is 466 g/mol. The fraction of sp³-hybridized carbons (Fsp3) is 0.429. The summed E-state index contributed by atoms with van der Waals surface area (Å²) in [6.07, 6.45) is 1.26. The zero-order valence-electron chi connectivity index (χ0n) is 19.5. The van der Waals surface area contributed by atoms with Gasteiger partial charge in [0, 0.05) is 12.0 Å². The molecule has 4 rings (SSSR count). The number of alkyl halides is 4. The molecule has 0 radical (unpaired) electrons. The van der Waals surface area contributed by atoms with Gasteiger partial charge < -0.3 is 4.74 Å². The lowest BCUT2D eigenvalue weighted by molar-refractivity contribution is -0.309. The maximum atomic E-state index is 14.9. The average Bonchev–Trinajstić information content (AvgIpc) is 2.80. The highest BCUT2D eigenvalue weighted by atomic mass is 19.4. The second kappa shape index (κ2) is 10.5. The first-order valence-electron chi connectivity index (χ1n) is 12.0. The largest absolute Gasteiger partial charge is 0.572 e. The molecule has 2 aromatic carbocycles. The van der Waals surface area contributed by atoms with Crippen LogP contribution in [0.4, 0.5) is 26.3 Å².